The van der Waals surface area contributed by atoms with E-state index in [9.17, 15) is 9.18 Å². The van der Waals surface area contributed by atoms with E-state index >= 15 is 0 Å². The van der Waals surface area contributed by atoms with Crippen LogP contribution < -0.4 is 10.6 Å². The number of rotatable bonds is 6. The number of amides is 2. The summed E-state index contributed by atoms with van der Waals surface area (Å²) in [4.78, 5) is 11.6. The fourth-order valence-corrected chi connectivity index (χ4v) is 2.50. The molecule has 0 saturated heterocycles. The van der Waals surface area contributed by atoms with Crippen LogP contribution in [-0.2, 0) is 6.42 Å². The number of halogens is 1. The van der Waals surface area contributed by atoms with E-state index in [0.29, 0.717) is 19.5 Å². The van der Waals surface area contributed by atoms with Gasteiger partial charge >= 0.3 is 6.03 Å². The van der Waals surface area contributed by atoms with E-state index in [-0.39, 0.29) is 11.8 Å². The molecule has 3 nitrogen and oxygen atoms in total. The minimum absolute atomic E-state index is 0.131. The maximum absolute atomic E-state index is 12.7. The van der Waals surface area contributed by atoms with Crippen molar-refractivity contribution in [3.8, 4) is 0 Å². The third kappa shape index (κ3) is 5.98. The van der Waals surface area contributed by atoms with Crippen molar-refractivity contribution in [3.05, 3.63) is 47.3 Å². The Balaban J connectivity index is 1.57. The van der Waals surface area contributed by atoms with E-state index in [4.69, 9.17) is 0 Å². The lowest BCUT2D eigenvalue weighted by Crippen LogP contribution is -2.37. The van der Waals surface area contributed by atoms with Crippen LogP contribution in [0.5, 0.6) is 0 Å². The number of urea groups is 1. The Bertz CT molecular complexity index is 482. The number of allylic oxidation sites excluding steroid dienone is 1. The van der Waals surface area contributed by atoms with Gasteiger partial charge in [-0.3, -0.25) is 0 Å². The predicted octanol–water partition coefficient (Wildman–Crippen LogP) is 3.56. The summed E-state index contributed by atoms with van der Waals surface area (Å²) in [6, 6.07) is 6.23. The molecular weight excluding hydrogens is 267 g/mol. The summed E-state index contributed by atoms with van der Waals surface area (Å²) in [5.41, 5.74) is 2.48. The van der Waals surface area contributed by atoms with Crippen molar-refractivity contribution in [2.24, 2.45) is 0 Å². The van der Waals surface area contributed by atoms with Crippen molar-refractivity contribution < 1.29 is 9.18 Å². The van der Waals surface area contributed by atoms with Crippen LogP contribution in [-0.4, -0.2) is 19.1 Å². The molecule has 1 aliphatic carbocycles. The molecular formula is C17H23FN2O. The zero-order chi connectivity index (χ0) is 14.9. The second-order valence-corrected chi connectivity index (χ2v) is 5.42. The maximum atomic E-state index is 12.7. The van der Waals surface area contributed by atoms with E-state index in [2.05, 4.69) is 16.7 Å². The Labute approximate surface area is 125 Å². The largest absolute Gasteiger partial charge is 0.338 e. The average Bonchev–Trinajstić information content (AvgIpc) is 2.50. The Morgan fingerprint density at radius 2 is 1.76 bits per heavy atom. The maximum Gasteiger partial charge on any atom is 0.314 e. The molecule has 2 rings (SSSR count). The number of nitrogens with one attached hydrogen (secondary N) is 2. The molecule has 1 aromatic rings. The van der Waals surface area contributed by atoms with Gasteiger partial charge in [0.15, 0.2) is 0 Å². The smallest absolute Gasteiger partial charge is 0.314 e. The second-order valence-electron chi connectivity index (χ2n) is 5.42. The summed E-state index contributed by atoms with van der Waals surface area (Å²) >= 11 is 0. The van der Waals surface area contributed by atoms with Crippen LogP contribution in [0, 0.1) is 5.82 Å². The molecule has 4 heteroatoms. The fourth-order valence-electron chi connectivity index (χ4n) is 2.50. The van der Waals surface area contributed by atoms with Gasteiger partial charge in [0.25, 0.3) is 0 Å². The molecule has 1 aromatic carbocycles. The third-order valence-electron chi connectivity index (χ3n) is 3.73. The van der Waals surface area contributed by atoms with Gasteiger partial charge < -0.3 is 10.6 Å². The molecule has 1 aliphatic rings. The van der Waals surface area contributed by atoms with Crippen LogP contribution in [0.4, 0.5) is 9.18 Å². The van der Waals surface area contributed by atoms with Crippen LogP contribution in [0.3, 0.4) is 0 Å². The molecule has 0 atom stereocenters. The van der Waals surface area contributed by atoms with Crippen molar-refractivity contribution in [1.29, 1.82) is 0 Å². The SMILES string of the molecule is O=C(NCCC1=CCCCC1)NCCc1ccc(F)cc1. The van der Waals surface area contributed by atoms with Gasteiger partial charge in [-0.25, -0.2) is 9.18 Å². The topological polar surface area (TPSA) is 41.1 Å². The fraction of sp³-hybridized carbons (Fsp3) is 0.471. The summed E-state index contributed by atoms with van der Waals surface area (Å²) in [5.74, 6) is -0.235. The van der Waals surface area contributed by atoms with Gasteiger partial charge in [-0.1, -0.05) is 23.8 Å². The number of carbonyl (C=O) groups is 1. The lowest BCUT2D eigenvalue weighted by molar-refractivity contribution is 0.241. The first-order valence-electron chi connectivity index (χ1n) is 7.68. The Hall–Kier alpha value is -1.84. The van der Waals surface area contributed by atoms with Crippen LogP contribution in [0.25, 0.3) is 0 Å². The highest BCUT2D eigenvalue weighted by Gasteiger charge is 2.04. The van der Waals surface area contributed by atoms with Gasteiger partial charge in [-0.2, -0.15) is 0 Å². The van der Waals surface area contributed by atoms with Gasteiger partial charge in [0.2, 0.25) is 0 Å². The van der Waals surface area contributed by atoms with Gasteiger partial charge in [-0.15, -0.1) is 0 Å². The van der Waals surface area contributed by atoms with Crippen LogP contribution in [0.15, 0.2) is 35.9 Å². The number of hydrogen-bond donors (Lipinski definition) is 2. The summed E-state index contributed by atoms with van der Waals surface area (Å²) in [6.07, 6.45) is 8.88. The zero-order valence-corrected chi connectivity index (χ0v) is 12.3. The molecule has 0 radical (unpaired) electrons. The summed E-state index contributed by atoms with van der Waals surface area (Å²) < 4.78 is 12.7. The van der Waals surface area contributed by atoms with Crippen LogP contribution in [0.2, 0.25) is 0 Å². The number of hydrogen-bond acceptors (Lipinski definition) is 1. The van der Waals surface area contributed by atoms with Crippen molar-refractivity contribution in [2.45, 2.75) is 38.5 Å². The highest BCUT2D eigenvalue weighted by molar-refractivity contribution is 5.73. The highest BCUT2D eigenvalue weighted by atomic mass is 19.1. The van der Waals surface area contributed by atoms with E-state index in [1.165, 1.54) is 43.4 Å². The van der Waals surface area contributed by atoms with E-state index < -0.39 is 0 Å². The predicted molar refractivity (Wildman–Crippen MR) is 82.7 cm³/mol. The molecule has 0 spiro atoms. The van der Waals surface area contributed by atoms with Crippen molar-refractivity contribution in [1.82, 2.24) is 10.6 Å². The van der Waals surface area contributed by atoms with Gasteiger partial charge in [0.1, 0.15) is 5.82 Å². The molecule has 114 valence electrons. The number of carbonyl (C=O) groups excluding carboxylic acids is 1. The van der Waals surface area contributed by atoms with E-state index in [0.717, 1.165) is 12.0 Å². The Morgan fingerprint density at radius 3 is 2.43 bits per heavy atom. The van der Waals surface area contributed by atoms with Crippen LogP contribution >= 0.6 is 0 Å². The molecule has 0 saturated carbocycles. The molecule has 0 bridgehead atoms. The third-order valence-corrected chi connectivity index (χ3v) is 3.73. The first-order chi connectivity index (χ1) is 10.2. The normalized spacial score (nSPS) is 14.4. The standard InChI is InChI=1S/C17H23FN2O/c18-16-8-6-15(7-9-16)11-13-20-17(21)19-12-10-14-4-2-1-3-5-14/h4,6-9H,1-3,5,10-13H2,(H2,19,20,21). The first-order valence-corrected chi connectivity index (χ1v) is 7.68. The molecule has 2 amide bonds. The molecule has 0 fully saturated rings. The van der Waals surface area contributed by atoms with Crippen molar-refractivity contribution in [2.75, 3.05) is 13.1 Å². The summed E-state index contributed by atoms with van der Waals surface area (Å²) in [6.45, 7) is 1.24. The second kappa shape index (κ2) is 8.45. The lowest BCUT2D eigenvalue weighted by atomic mass is 9.97. The minimum atomic E-state index is -0.235. The molecule has 0 aliphatic heterocycles. The molecule has 2 N–H and O–H groups in total. The van der Waals surface area contributed by atoms with E-state index in [1.807, 2.05) is 0 Å². The highest BCUT2D eigenvalue weighted by Crippen LogP contribution is 2.19. The van der Waals surface area contributed by atoms with Crippen LogP contribution in [0.1, 0.15) is 37.7 Å². The Kier molecular flexibility index (Phi) is 6.25. The minimum Gasteiger partial charge on any atom is -0.338 e. The number of benzene rings is 1. The molecule has 21 heavy (non-hydrogen) atoms. The zero-order valence-electron chi connectivity index (χ0n) is 12.3. The van der Waals surface area contributed by atoms with Crippen molar-refractivity contribution >= 4 is 6.03 Å². The van der Waals surface area contributed by atoms with Gasteiger partial charge in [0.05, 0.1) is 0 Å². The quantitative estimate of drug-likeness (QED) is 0.773. The average molecular weight is 290 g/mol. The monoisotopic (exact) mass is 290 g/mol. The molecule has 0 unspecified atom stereocenters. The summed E-state index contributed by atoms with van der Waals surface area (Å²) in [5, 5.41) is 5.69. The van der Waals surface area contributed by atoms with E-state index in [1.54, 1.807) is 12.1 Å². The molecule has 0 aromatic heterocycles. The van der Waals surface area contributed by atoms with Gasteiger partial charge in [0, 0.05) is 13.1 Å². The van der Waals surface area contributed by atoms with Crippen molar-refractivity contribution in [3.63, 3.8) is 0 Å². The summed E-state index contributed by atoms with van der Waals surface area (Å²) in [7, 11) is 0. The molecule has 0 heterocycles. The lowest BCUT2D eigenvalue weighted by Gasteiger charge is -2.13. The Morgan fingerprint density at radius 1 is 1.05 bits per heavy atom. The van der Waals surface area contributed by atoms with Gasteiger partial charge in [-0.05, 0) is 56.2 Å². The first kappa shape index (κ1) is 15.5.